The Bertz CT molecular complexity index is 761. The highest BCUT2D eigenvalue weighted by molar-refractivity contribution is 6.30. The Kier molecular flexibility index (Phi) is 6.84. The average Bonchev–Trinajstić information content (AvgIpc) is 2.64. The number of nitrogens with one attached hydrogen (secondary N) is 1. The van der Waals surface area contributed by atoms with Gasteiger partial charge in [-0.25, -0.2) is 0 Å². The minimum Gasteiger partial charge on any atom is -0.496 e. The molecule has 0 aliphatic heterocycles. The molecule has 5 nitrogen and oxygen atoms in total. The molecule has 0 saturated carbocycles. The van der Waals surface area contributed by atoms with Crippen molar-refractivity contribution in [3.05, 3.63) is 46.5 Å². The summed E-state index contributed by atoms with van der Waals surface area (Å²) >= 11 is 6.21. The fourth-order valence-electron chi connectivity index (χ4n) is 2.74. The van der Waals surface area contributed by atoms with Crippen LogP contribution in [-0.2, 0) is 0 Å². The fraction of sp³-hybridized carbons (Fsp3) is 0.429. The molecule has 1 unspecified atom stereocenters. The van der Waals surface area contributed by atoms with E-state index in [2.05, 4.69) is 26.1 Å². The van der Waals surface area contributed by atoms with Gasteiger partial charge in [-0.1, -0.05) is 32.4 Å². The van der Waals surface area contributed by atoms with Gasteiger partial charge in [0.2, 0.25) is 0 Å². The largest absolute Gasteiger partial charge is 0.496 e. The number of anilines is 1. The monoisotopic (exact) mass is 393 g/mol. The van der Waals surface area contributed by atoms with Crippen molar-refractivity contribution < 1.29 is 19.3 Å². The Morgan fingerprint density at radius 1 is 1.00 bits per heavy atom. The van der Waals surface area contributed by atoms with Crippen molar-refractivity contribution in [1.29, 1.82) is 0 Å². The van der Waals surface area contributed by atoms with E-state index in [0.29, 0.717) is 33.4 Å². The van der Waals surface area contributed by atoms with Crippen LogP contribution < -0.4 is 19.5 Å². The number of aliphatic hydroxyl groups excluding tert-OH is 1. The number of hydrogen-bond acceptors (Lipinski definition) is 5. The van der Waals surface area contributed by atoms with Crippen LogP contribution in [-0.4, -0.2) is 33.0 Å². The highest BCUT2D eigenvalue weighted by atomic mass is 35.5. The molecule has 6 heteroatoms. The summed E-state index contributed by atoms with van der Waals surface area (Å²) < 4.78 is 16.3. The maximum Gasteiger partial charge on any atom is 0.132 e. The minimum atomic E-state index is -0.998. The molecule has 0 heterocycles. The molecule has 0 spiro atoms. The van der Waals surface area contributed by atoms with E-state index in [9.17, 15) is 5.11 Å². The highest BCUT2D eigenvalue weighted by Crippen LogP contribution is 2.43. The second-order valence-corrected chi connectivity index (χ2v) is 7.93. The standard InChI is InChI=1S/C21H28ClNO4/c1-21(2,3)12-23-16-8-7-13(22)9-15(16)20(24)19-17(26-5)10-14(25-4)11-18(19)27-6/h7-11,20,23-24H,12H2,1-6H3. The van der Waals surface area contributed by atoms with Crippen molar-refractivity contribution >= 4 is 17.3 Å². The Morgan fingerprint density at radius 3 is 2.07 bits per heavy atom. The molecule has 0 saturated heterocycles. The molecule has 2 aromatic rings. The van der Waals surface area contributed by atoms with Crippen LogP contribution in [0.2, 0.25) is 5.02 Å². The Hall–Kier alpha value is -2.11. The zero-order chi connectivity index (χ0) is 20.2. The predicted molar refractivity (Wildman–Crippen MR) is 110 cm³/mol. The lowest BCUT2D eigenvalue weighted by Gasteiger charge is -2.24. The van der Waals surface area contributed by atoms with E-state index in [-0.39, 0.29) is 5.41 Å². The van der Waals surface area contributed by atoms with E-state index in [0.717, 1.165) is 12.2 Å². The van der Waals surface area contributed by atoms with Crippen LogP contribution in [0, 0.1) is 5.41 Å². The fourth-order valence-corrected chi connectivity index (χ4v) is 2.92. The van der Waals surface area contributed by atoms with Crippen LogP contribution in [0.15, 0.2) is 30.3 Å². The molecule has 0 aliphatic carbocycles. The van der Waals surface area contributed by atoms with Gasteiger partial charge in [0.25, 0.3) is 0 Å². The second-order valence-electron chi connectivity index (χ2n) is 7.49. The molecule has 0 aliphatic rings. The SMILES string of the molecule is COc1cc(OC)c(C(O)c2cc(Cl)ccc2NCC(C)(C)C)c(OC)c1. The van der Waals surface area contributed by atoms with E-state index in [4.69, 9.17) is 25.8 Å². The van der Waals surface area contributed by atoms with Crippen molar-refractivity contribution in [3.63, 3.8) is 0 Å². The number of methoxy groups -OCH3 is 3. The third-order valence-electron chi connectivity index (χ3n) is 4.14. The topological polar surface area (TPSA) is 60.0 Å². The molecule has 0 amide bonds. The molecular weight excluding hydrogens is 366 g/mol. The average molecular weight is 394 g/mol. The lowest BCUT2D eigenvalue weighted by molar-refractivity contribution is 0.209. The molecule has 2 N–H and O–H groups in total. The summed E-state index contributed by atoms with van der Waals surface area (Å²) in [5.74, 6) is 1.53. The summed E-state index contributed by atoms with van der Waals surface area (Å²) in [6, 6.07) is 8.85. The van der Waals surface area contributed by atoms with Gasteiger partial charge in [0.05, 0.1) is 26.9 Å². The molecule has 1 atom stereocenters. The summed E-state index contributed by atoms with van der Waals surface area (Å²) in [5.41, 5.74) is 2.05. The molecule has 2 rings (SSSR count). The van der Waals surface area contributed by atoms with Gasteiger partial charge in [0, 0.05) is 35.0 Å². The first-order valence-corrected chi connectivity index (χ1v) is 9.09. The summed E-state index contributed by atoms with van der Waals surface area (Å²) in [5, 5.41) is 15.2. The van der Waals surface area contributed by atoms with Gasteiger partial charge >= 0.3 is 0 Å². The van der Waals surface area contributed by atoms with Crippen LogP contribution in [0.1, 0.15) is 38.0 Å². The van der Waals surface area contributed by atoms with Gasteiger partial charge in [-0.2, -0.15) is 0 Å². The number of halogens is 1. The number of hydrogen-bond donors (Lipinski definition) is 2. The first-order chi connectivity index (χ1) is 12.7. The quantitative estimate of drug-likeness (QED) is 0.700. The van der Waals surface area contributed by atoms with E-state index in [1.54, 1.807) is 45.6 Å². The number of rotatable bonds is 7. The van der Waals surface area contributed by atoms with E-state index < -0.39 is 6.10 Å². The van der Waals surface area contributed by atoms with Crippen LogP contribution in [0.5, 0.6) is 17.2 Å². The van der Waals surface area contributed by atoms with Crippen LogP contribution in [0.25, 0.3) is 0 Å². The minimum absolute atomic E-state index is 0.0807. The van der Waals surface area contributed by atoms with E-state index in [1.807, 2.05) is 6.07 Å². The summed E-state index contributed by atoms with van der Waals surface area (Å²) in [6.45, 7) is 7.16. The lowest BCUT2D eigenvalue weighted by Crippen LogP contribution is -2.20. The van der Waals surface area contributed by atoms with Crippen molar-refractivity contribution in [2.24, 2.45) is 5.41 Å². The van der Waals surface area contributed by atoms with Crippen molar-refractivity contribution in [3.8, 4) is 17.2 Å². The van der Waals surface area contributed by atoms with E-state index in [1.165, 1.54) is 0 Å². The third-order valence-corrected chi connectivity index (χ3v) is 4.38. The van der Waals surface area contributed by atoms with Crippen molar-refractivity contribution in [1.82, 2.24) is 0 Å². The zero-order valence-corrected chi connectivity index (χ0v) is 17.5. The molecular formula is C21H28ClNO4. The summed E-state index contributed by atoms with van der Waals surface area (Å²) in [7, 11) is 4.65. The van der Waals surface area contributed by atoms with Gasteiger partial charge < -0.3 is 24.6 Å². The zero-order valence-electron chi connectivity index (χ0n) is 16.7. The van der Waals surface area contributed by atoms with Gasteiger partial charge in [0.1, 0.15) is 23.4 Å². The molecule has 0 radical (unpaired) electrons. The number of ether oxygens (including phenoxy) is 3. The van der Waals surface area contributed by atoms with Crippen LogP contribution in [0.3, 0.4) is 0 Å². The maximum atomic E-state index is 11.2. The first kappa shape index (κ1) is 21.2. The Balaban J connectivity index is 2.54. The first-order valence-electron chi connectivity index (χ1n) is 8.71. The Morgan fingerprint density at radius 2 is 1.59 bits per heavy atom. The summed E-state index contributed by atoms with van der Waals surface area (Å²) in [6.07, 6.45) is -0.998. The molecule has 148 valence electrons. The van der Waals surface area contributed by atoms with Gasteiger partial charge in [-0.05, 0) is 23.6 Å². The maximum absolute atomic E-state index is 11.2. The van der Waals surface area contributed by atoms with Gasteiger partial charge in [-0.3, -0.25) is 0 Å². The lowest BCUT2D eigenvalue weighted by atomic mass is 9.95. The van der Waals surface area contributed by atoms with Gasteiger partial charge in [0.15, 0.2) is 0 Å². The van der Waals surface area contributed by atoms with Crippen molar-refractivity contribution in [2.75, 3.05) is 33.2 Å². The molecule has 0 fully saturated rings. The number of aliphatic hydroxyl groups is 1. The summed E-state index contributed by atoms with van der Waals surface area (Å²) in [4.78, 5) is 0. The van der Waals surface area contributed by atoms with Gasteiger partial charge in [-0.15, -0.1) is 0 Å². The van der Waals surface area contributed by atoms with E-state index >= 15 is 0 Å². The Labute approximate surface area is 166 Å². The smallest absolute Gasteiger partial charge is 0.132 e. The molecule has 0 bridgehead atoms. The van der Waals surface area contributed by atoms with Crippen molar-refractivity contribution in [2.45, 2.75) is 26.9 Å². The second kappa shape index (κ2) is 8.72. The highest BCUT2D eigenvalue weighted by Gasteiger charge is 2.25. The van der Waals surface area contributed by atoms with Crippen LogP contribution in [0.4, 0.5) is 5.69 Å². The van der Waals surface area contributed by atoms with Crippen LogP contribution >= 0.6 is 11.6 Å². The molecule has 2 aromatic carbocycles. The molecule has 0 aromatic heterocycles. The predicted octanol–water partition coefficient (Wildman–Crippen LogP) is 4.91. The number of benzene rings is 2. The third kappa shape index (κ3) is 5.21. The molecule has 27 heavy (non-hydrogen) atoms. The normalized spacial score (nSPS) is 12.4.